The first-order chi connectivity index (χ1) is 18.4. The topological polar surface area (TPSA) is 9.23 Å². The molecule has 3 aromatic rings. The van der Waals surface area contributed by atoms with Gasteiger partial charge < -0.3 is 4.74 Å². The number of hydrogen-bond donors (Lipinski definition) is 0. The predicted octanol–water partition coefficient (Wildman–Crippen LogP) is 9.86. The van der Waals surface area contributed by atoms with E-state index in [1.807, 2.05) is 18.2 Å². The maximum Gasteiger partial charge on any atom is 0.201 e. The van der Waals surface area contributed by atoms with Crippen molar-refractivity contribution in [3.05, 3.63) is 94.6 Å². The van der Waals surface area contributed by atoms with E-state index in [-0.39, 0.29) is 11.3 Å². The van der Waals surface area contributed by atoms with Gasteiger partial charge in [0.1, 0.15) is 0 Å². The second-order valence-electron chi connectivity index (χ2n) is 10.4. The van der Waals surface area contributed by atoms with Crippen LogP contribution in [-0.4, -0.2) is 6.61 Å². The monoisotopic (exact) mass is 524 g/mol. The Bertz CT molecular complexity index is 1260. The largest absolute Gasteiger partial charge is 0.490 e. The third-order valence-corrected chi connectivity index (χ3v) is 7.43. The van der Waals surface area contributed by atoms with Gasteiger partial charge in [0.2, 0.25) is 5.82 Å². The zero-order valence-electron chi connectivity index (χ0n) is 22.3. The summed E-state index contributed by atoms with van der Waals surface area (Å²) in [6.45, 7) is 4.63. The van der Waals surface area contributed by atoms with Crippen molar-refractivity contribution in [2.24, 2.45) is 5.92 Å². The molecular formula is C33H36F4O. The summed E-state index contributed by atoms with van der Waals surface area (Å²) >= 11 is 0. The molecule has 1 atom stereocenters. The Morgan fingerprint density at radius 3 is 2.21 bits per heavy atom. The van der Waals surface area contributed by atoms with Gasteiger partial charge in [-0.2, -0.15) is 4.39 Å². The average Bonchev–Trinajstić information content (AvgIpc) is 2.93. The molecule has 1 nitrogen and oxygen atoms in total. The Hall–Kier alpha value is -3.08. The van der Waals surface area contributed by atoms with Gasteiger partial charge in [0.15, 0.2) is 23.2 Å². The normalized spacial score (nSPS) is 15.4. The molecule has 202 valence electrons. The molecule has 0 amide bonds. The van der Waals surface area contributed by atoms with Gasteiger partial charge in [-0.05, 0) is 78.8 Å². The highest BCUT2D eigenvalue weighted by molar-refractivity contribution is 5.67. The standard InChI is InChI=1S/C33H36F4O/c1-3-4-5-6-21-38-29-20-19-28(32(36)33(29)37)25-14-9-23(10-15-25)11-16-26-17-18-27(31(35)30(26)34)24-12-7-22(2)8-13-24/h9-10,12,14-15,17-20,22H,3-8,11,13,16,21H2,1-2H3. The second-order valence-corrected chi connectivity index (χ2v) is 10.4. The first-order valence-electron chi connectivity index (χ1n) is 13.7. The molecule has 5 heteroatoms. The molecule has 1 unspecified atom stereocenters. The first-order valence-corrected chi connectivity index (χ1v) is 13.7. The number of aryl methyl sites for hydroxylation is 2. The number of hydrogen-bond acceptors (Lipinski definition) is 1. The number of unbranched alkanes of at least 4 members (excludes halogenated alkanes) is 3. The molecule has 0 N–H and O–H groups in total. The molecule has 0 aromatic heterocycles. The van der Waals surface area contributed by atoms with Crippen molar-refractivity contribution < 1.29 is 22.3 Å². The van der Waals surface area contributed by atoms with E-state index < -0.39 is 23.3 Å². The fraction of sp³-hybridized carbons (Fsp3) is 0.394. The Kier molecular flexibility index (Phi) is 9.65. The minimum Gasteiger partial charge on any atom is -0.490 e. The van der Waals surface area contributed by atoms with Crippen LogP contribution in [0.5, 0.6) is 5.75 Å². The fourth-order valence-corrected chi connectivity index (χ4v) is 4.95. The van der Waals surface area contributed by atoms with Crippen LogP contribution >= 0.6 is 0 Å². The molecular weight excluding hydrogens is 488 g/mol. The fourth-order valence-electron chi connectivity index (χ4n) is 4.95. The van der Waals surface area contributed by atoms with Gasteiger partial charge in [-0.3, -0.25) is 0 Å². The maximum absolute atomic E-state index is 14.8. The van der Waals surface area contributed by atoms with Crippen LogP contribution in [0.15, 0.2) is 54.6 Å². The lowest BCUT2D eigenvalue weighted by molar-refractivity contribution is 0.285. The van der Waals surface area contributed by atoms with E-state index in [9.17, 15) is 17.6 Å². The SMILES string of the molecule is CCCCCCOc1ccc(-c2ccc(CCc3ccc(C4=CCC(C)CC4)c(F)c3F)cc2)c(F)c1F. The molecule has 0 heterocycles. The van der Waals surface area contributed by atoms with Crippen LogP contribution in [0.4, 0.5) is 17.6 Å². The van der Waals surface area contributed by atoms with E-state index in [2.05, 4.69) is 13.8 Å². The lowest BCUT2D eigenvalue weighted by Gasteiger charge is -2.19. The van der Waals surface area contributed by atoms with Crippen molar-refractivity contribution in [1.29, 1.82) is 0 Å². The third-order valence-electron chi connectivity index (χ3n) is 7.43. The lowest BCUT2D eigenvalue weighted by Crippen LogP contribution is -2.05. The van der Waals surface area contributed by atoms with Gasteiger partial charge in [0.05, 0.1) is 6.61 Å². The van der Waals surface area contributed by atoms with Gasteiger partial charge >= 0.3 is 0 Å². The predicted molar refractivity (Wildman–Crippen MR) is 146 cm³/mol. The summed E-state index contributed by atoms with van der Waals surface area (Å²) in [7, 11) is 0. The minimum absolute atomic E-state index is 0.0750. The van der Waals surface area contributed by atoms with Gasteiger partial charge in [-0.15, -0.1) is 0 Å². The van der Waals surface area contributed by atoms with Crippen LogP contribution in [0, 0.1) is 29.2 Å². The molecule has 1 aliphatic rings. The number of halogens is 4. The summed E-state index contributed by atoms with van der Waals surface area (Å²) in [6.07, 6.45) is 9.48. The van der Waals surface area contributed by atoms with E-state index in [1.54, 1.807) is 24.3 Å². The van der Waals surface area contributed by atoms with E-state index in [4.69, 9.17) is 4.74 Å². The summed E-state index contributed by atoms with van der Waals surface area (Å²) in [6, 6.07) is 13.4. The van der Waals surface area contributed by atoms with Gasteiger partial charge in [0, 0.05) is 11.1 Å². The first kappa shape index (κ1) is 27.9. The Labute approximate surface area is 223 Å². The van der Waals surface area contributed by atoms with Crippen molar-refractivity contribution in [2.75, 3.05) is 6.61 Å². The number of ether oxygens (including phenoxy) is 1. The van der Waals surface area contributed by atoms with Gasteiger partial charge in [-0.25, -0.2) is 13.2 Å². The molecule has 0 saturated carbocycles. The molecule has 0 spiro atoms. The van der Waals surface area contributed by atoms with E-state index in [0.717, 1.165) is 56.1 Å². The zero-order valence-corrected chi connectivity index (χ0v) is 22.3. The van der Waals surface area contributed by atoms with Crippen LogP contribution in [0.2, 0.25) is 0 Å². The smallest absolute Gasteiger partial charge is 0.201 e. The third kappa shape index (κ3) is 6.67. The molecule has 0 bridgehead atoms. The van der Waals surface area contributed by atoms with Crippen LogP contribution in [0.25, 0.3) is 16.7 Å². The van der Waals surface area contributed by atoms with Crippen LogP contribution in [0.3, 0.4) is 0 Å². The van der Waals surface area contributed by atoms with E-state index >= 15 is 0 Å². The summed E-state index contributed by atoms with van der Waals surface area (Å²) in [5.74, 6) is -2.99. The highest BCUT2D eigenvalue weighted by atomic mass is 19.2. The van der Waals surface area contributed by atoms with E-state index in [0.29, 0.717) is 42.1 Å². The molecule has 0 radical (unpaired) electrons. The Morgan fingerprint density at radius 2 is 1.50 bits per heavy atom. The molecule has 4 rings (SSSR count). The second kappa shape index (κ2) is 13.1. The summed E-state index contributed by atoms with van der Waals surface area (Å²) in [5.41, 5.74) is 3.17. The maximum atomic E-state index is 14.8. The summed E-state index contributed by atoms with van der Waals surface area (Å²) in [4.78, 5) is 0. The van der Waals surface area contributed by atoms with Crippen molar-refractivity contribution >= 4 is 5.57 Å². The Morgan fingerprint density at radius 1 is 0.763 bits per heavy atom. The zero-order chi connectivity index (χ0) is 27.1. The van der Waals surface area contributed by atoms with Crippen LogP contribution < -0.4 is 4.74 Å². The van der Waals surface area contributed by atoms with Crippen molar-refractivity contribution in [3.8, 4) is 16.9 Å². The highest BCUT2D eigenvalue weighted by Gasteiger charge is 2.19. The number of rotatable bonds is 11. The quantitative estimate of drug-likeness (QED) is 0.179. The number of allylic oxidation sites excluding steroid dienone is 2. The molecule has 1 aliphatic carbocycles. The molecule has 3 aromatic carbocycles. The summed E-state index contributed by atoms with van der Waals surface area (Å²) < 4.78 is 64.5. The lowest BCUT2D eigenvalue weighted by atomic mass is 9.87. The Balaban J connectivity index is 1.39. The average molecular weight is 525 g/mol. The van der Waals surface area contributed by atoms with Crippen LogP contribution in [-0.2, 0) is 12.8 Å². The van der Waals surface area contributed by atoms with Crippen molar-refractivity contribution in [1.82, 2.24) is 0 Å². The van der Waals surface area contributed by atoms with Gasteiger partial charge in [0.25, 0.3) is 0 Å². The number of benzene rings is 3. The minimum atomic E-state index is -0.985. The van der Waals surface area contributed by atoms with Crippen molar-refractivity contribution in [2.45, 2.75) is 71.6 Å². The molecule has 0 aliphatic heterocycles. The summed E-state index contributed by atoms with van der Waals surface area (Å²) in [5, 5.41) is 0. The molecule has 38 heavy (non-hydrogen) atoms. The van der Waals surface area contributed by atoms with Crippen molar-refractivity contribution in [3.63, 3.8) is 0 Å². The van der Waals surface area contributed by atoms with Crippen LogP contribution in [0.1, 0.15) is 75.5 Å². The van der Waals surface area contributed by atoms with E-state index in [1.165, 1.54) is 12.1 Å². The molecule has 0 saturated heterocycles. The molecule has 0 fully saturated rings. The highest BCUT2D eigenvalue weighted by Crippen LogP contribution is 2.33. The van der Waals surface area contributed by atoms with Gasteiger partial charge in [-0.1, -0.05) is 75.6 Å².